The topological polar surface area (TPSA) is 68.2 Å². The molecule has 0 unspecified atom stereocenters. The molecule has 2 N–H and O–H groups in total. The molecule has 1 aromatic carbocycles. The predicted molar refractivity (Wildman–Crippen MR) is 87.1 cm³/mol. The van der Waals surface area contributed by atoms with Crippen LogP contribution in [0.5, 0.6) is 0 Å². The van der Waals surface area contributed by atoms with E-state index in [0.717, 1.165) is 25.0 Å². The van der Waals surface area contributed by atoms with Gasteiger partial charge in [0.15, 0.2) is 0 Å². The summed E-state index contributed by atoms with van der Waals surface area (Å²) in [5, 5.41) is 10.1. The molecule has 0 saturated heterocycles. The lowest BCUT2D eigenvalue weighted by Crippen LogP contribution is -2.38. The highest BCUT2D eigenvalue weighted by Crippen LogP contribution is 2.15. The van der Waals surface area contributed by atoms with Crippen molar-refractivity contribution in [2.45, 2.75) is 26.0 Å². The van der Waals surface area contributed by atoms with E-state index >= 15 is 0 Å². The van der Waals surface area contributed by atoms with Crippen LogP contribution in [0.2, 0.25) is 0 Å². The molecule has 0 atom stereocenters. The van der Waals surface area contributed by atoms with Crippen LogP contribution in [0.4, 0.5) is 4.79 Å². The maximum Gasteiger partial charge on any atom is 0.314 e. The van der Waals surface area contributed by atoms with Crippen LogP contribution in [0.3, 0.4) is 0 Å². The fraction of sp³-hybridized carbons (Fsp3) is 0.412. The van der Waals surface area contributed by atoms with Gasteiger partial charge in [-0.05, 0) is 12.0 Å². The summed E-state index contributed by atoms with van der Waals surface area (Å²) in [4.78, 5) is 11.8. The smallest absolute Gasteiger partial charge is 0.314 e. The van der Waals surface area contributed by atoms with E-state index in [0.29, 0.717) is 26.2 Å². The molecule has 1 aliphatic heterocycles. The summed E-state index contributed by atoms with van der Waals surface area (Å²) in [6.07, 6.45) is 3.58. The average molecular weight is 314 g/mol. The molecule has 6 nitrogen and oxygen atoms in total. The average Bonchev–Trinajstić information content (AvgIpc) is 2.99. The summed E-state index contributed by atoms with van der Waals surface area (Å²) in [5.74, 6) is 0. The van der Waals surface area contributed by atoms with E-state index in [4.69, 9.17) is 4.74 Å². The van der Waals surface area contributed by atoms with E-state index in [1.54, 1.807) is 0 Å². The Balaban J connectivity index is 1.35. The van der Waals surface area contributed by atoms with Crippen molar-refractivity contribution in [1.29, 1.82) is 0 Å². The SMILES string of the molecule is O=C(NCCc1ccccc1)NCCn1ncc2c1CCOC2. The monoisotopic (exact) mass is 314 g/mol. The predicted octanol–water partition coefficient (Wildman–Crippen LogP) is 1.50. The standard InChI is InChI=1S/C17H22N4O2/c22-17(18-8-6-14-4-2-1-3-5-14)19-9-10-21-16-7-11-23-13-15(16)12-20-21/h1-5,12H,6-11,13H2,(H2,18,19,22). The molecule has 122 valence electrons. The lowest BCUT2D eigenvalue weighted by molar-refractivity contribution is 0.109. The van der Waals surface area contributed by atoms with Gasteiger partial charge in [0.1, 0.15) is 0 Å². The largest absolute Gasteiger partial charge is 0.376 e. The third-order valence-electron chi connectivity index (χ3n) is 3.93. The second-order valence-corrected chi connectivity index (χ2v) is 5.56. The molecule has 0 spiro atoms. The minimum atomic E-state index is -0.134. The lowest BCUT2D eigenvalue weighted by Gasteiger charge is -2.15. The zero-order valence-electron chi connectivity index (χ0n) is 13.1. The van der Waals surface area contributed by atoms with Gasteiger partial charge in [-0.1, -0.05) is 30.3 Å². The first kappa shape index (κ1) is 15.6. The summed E-state index contributed by atoms with van der Waals surface area (Å²) < 4.78 is 7.36. The van der Waals surface area contributed by atoms with Crippen LogP contribution in [0.25, 0.3) is 0 Å². The van der Waals surface area contributed by atoms with Crippen LogP contribution in [0.1, 0.15) is 16.8 Å². The van der Waals surface area contributed by atoms with Crippen molar-refractivity contribution >= 4 is 6.03 Å². The molecule has 3 rings (SSSR count). The van der Waals surface area contributed by atoms with E-state index in [2.05, 4.69) is 27.9 Å². The van der Waals surface area contributed by atoms with E-state index in [1.165, 1.54) is 11.3 Å². The number of nitrogens with zero attached hydrogens (tertiary/aromatic N) is 2. The Labute approximate surface area is 135 Å². The van der Waals surface area contributed by atoms with E-state index in [-0.39, 0.29) is 6.03 Å². The van der Waals surface area contributed by atoms with Crippen LogP contribution >= 0.6 is 0 Å². The Morgan fingerprint density at radius 1 is 1.22 bits per heavy atom. The van der Waals surface area contributed by atoms with Gasteiger partial charge in [-0.25, -0.2) is 4.79 Å². The number of carbonyl (C=O) groups is 1. The molecule has 1 aromatic heterocycles. The van der Waals surface area contributed by atoms with Gasteiger partial charge in [0.25, 0.3) is 0 Å². The lowest BCUT2D eigenvalue weighted by atomic mass is 10.1. The third-order valence-corrected chi connectivity index (χ3v) is 3.93. The van der Waals surface area contributed by atoms with E-state index in [9.17, 15) is 4.79 Å². The zero-order valence-corrected chi connectivity index (χ0v) is 13.1. The van der Waals surface area contributed by atoms with Gasteiger partial charge in [-0.15, -0.1) is 0 Å². The van der Waals surface area contributed by atoms with Crippen molar-refractivity contribution in [1.82, 2.24) is 20.4 Å². The quantitative estimate of drug-likeness (QED) is 0.849. The zero-order chi connectivity index (χ0) is 15.9. The summed E-state index contributed by atoms with van der Waals surface area (Å²) in [5.41, 5.74) is 3.60. The minimum Gasteiger partial charge on any atom is -0.376 e. The molecule has 1 aliphatic rings. The van der Waals surface area contributed by atoms with Crippen LogP contribution in [0.15, 0.2) is 36.5 Å². The molecular formula is C17H22N4O2. The number of urea groups is 1. The maximum atomic E-state index is 11.8. The molecule has 6 heteroatoms. The number of carbonyl (C=O) groups excluding carboxylic acids is 1. The molecule has 2 amide bonds. The molecular weight excluding hydrogens is 292 g/mol. The summed E-state index contributed by atoms with van der Waals surface area (Å²) in [6, 6.07) is 9.99. The summed E-state index contributed by atoms with van der Waals surface area (Å²) in [6.45, 7) is 3.26. The number of hydrogen-bond donors (Lipinski definition) is 2. The fourth-order valence-electron chi connectivity index (χ4n) is 2.71. The van der Waals surface area contributed by atoms with Crippen molar-refractivity contribution in [2.75, 3.05) is 19.7 Å². The number of hydrogen-bond acceptors (Lipinski definition) is 3. The van der Waals surface area contributed by atoms with E-state index < -0.39 is 0 Å². The number of benzene rings is 1. The summed E-state index contributed by atoms with van der Waals surface area (Å²) in [7, 11) is 0. The van der Waals surface area contributed by atoms with Gasteiger partial charge in [0.05, 0.1) is 26.0 Å². The fourth-order valence-corrected chi connectivity index (χ4v) is 2.71. The first-order chi connectivity index (χ1) is 11.3. The minimum absolute atomic E-state index is 0.134. The molecule has 0 fully saturated rings. The van der Waals surface area contributed by atoms with Gasteiger partial charge < -0.3 is 15.4 Å². The second kappa shape index (κ2) is 7.78. The maximum absolute atomic E-state index is 11.8. The molecule has 23 heavy (non-hydrogen) atoms. The number of rotatable bonds is 6. The van der Waals surface area contributed by atoms with Crippen LogP contribution in [-0.2, 0) is 30.7 Å². The van der Waals surface area contributed by atoms with Crippen molar-refractivity contribution in [3.8, 4) is 0 Å². The Hall–Kier alpha value is -2.34. The summed E-state index contributed by atoms with van der Waals surface area (Å²) >= 11 is 0. The van der Waals surface area contributed by atoms with E-state index in [1.807, 2.05) is 29.1 Å². The normalized spacial score (nSPS) is 13.4. The molecule has 0 saturated carbocycles. The molecule has 0 radical (unpaired) electrons. The first-order valence-electron chi connectivity index (χ1n) is 8.00. The third kappa shape index (κ3) is 4.32. The van der Waals surface area contributed by atoms with Gasteiger partial charge in [-0.2, -0.15) is 5.10 Å². The number of aromatic nitrogens is 2. The number of amides is 2. The van der Waals surface area contributed by atoms with Crippen molar-refractivity contribution in [2.24, 2.45) is 0 Å². The Bertz CT molecular complexity index is 639. The van der Waals surface area contributed by atoms with Gasteiger partial charge >= 0.3 is 6.03 Å². The second-order valence-electron chi connectivity index (χ2n) is 5.56. The molecule has 0 bridgehead atoms. The number of fused-ring (bicyclic) bond motifs is 1. The molecule has 2 aromatic rings. The molecule has 2 heterocycles. The van der Waals surface area contributed by atoms with Gasteiger partial charge in [-0.3, -0.25) is 4.68 Å². The van der Waals surface area contributed by atoms with Crippen LogP contribution < -0.4 is 10.6 Å². The van der Waals surface area contributed by atoms with Gasteiger partial charge in [0.2, 0.25) is 0 Å². The van der Waals surface area contributed by atoms with Crippen LogP contribution in [-0.4, -0.2) is 35.5 Å². The van der Waals surface area contributed by atoms with Crippen LogP contribution in [0, 0.1) is 0 Å². The Morgan fingerprint density at radius 3 is 2.91 bits per heavy atom. The first-order valence-corrected chi connectivity index (χ1v) is 8.00. The van der Waals surface area contributed by atoms with Crippen molar-refractivity contribution < 1.29 is 9.53 Å². The highest BCUT2D eigenvalue weighted by molar-refractivity contribution is 5.73. The van der Waals surface area contributed by atoms with Crippen molar-refractivity contribution in [3.05, 3.63) is 53.3 Å². The number of ether oxygens (including phenoxy) is 1. The van der Waals surface area contributed by atoms with Crippen molar-refractivity contribution in [3.63, 3.8) is 0 Å². The highest BCUT2D eigenvalue weighted by Gasteiger charge is 2.14. The molecule has 0 aliphatic carbocycles. The Kier molecular flexibility index (Phi) is 5.26. The highest BCUT2D eigenvalue weighted by atomic mass is 16.5. The number of nitrogens with one attached hydrogen (secondary N) is 2. The van der Waals surface area contributed by atoms with Gasteiger partial charge in [0, 0.05) is 30.8 Å². The Morgan fingerprint density at radius 2 is 2.04 bits per heavy atom.